The average molecular weight is 255 g/mol. The number of fused-ring (bicyclic) bond motifs is 1. The maximum atomic E-state index is 3.65. The molecule has 0 aliphatic heterocycles. The molecular weight excluding hydrogens is 230 g/mol. The molecule has 102 valence electrons. The van der Waals surface area contributed by atoms with Crippen LogP contribution in [-0.4, -0.2) is 12.6 Å². The smallest absolute Gasteiger partial charge is 0.0133 e. The molecule has 0 aliphatic carbocycles. The van der Waals surface area contributed by atoms with Crippen LogP contribution in [0.3, 0.4) is 0 Å². The lowest BCUT2D eigenvalue weighted by atomic mass is 9.91. The monoisotopic (exact) mass is 255 g/mol. The van der Waals surface area contributed by atoms with Crippen molar-refractivity contribution in [3.8, 4) is 0 Å². The molecule has 2 aromatic carbocycles. The maximum Gasteiger partial charge on any atom is 0.0133 e. The fourth-order valence-electron chi connectivity index (χ4n) is 2.73. The van der Waals surface area contributed by atoms with E-state index >= 15 is 0 Å². The fourth-order valence-corrected chi connectivity index (χ4v) is 2.73. The zero-order chi connectivity index (χ0) is 13.7. The van der Waals surface area contributed by atoms with Crippen LogP contribution >= 0.6 is 0 Å². The van der Waals surface area contributed by atoms with Crippen molar-refractivity contribution >= 4 is 10.8 Å². The summed E-state index contributed by atoms with van der Waals surface area (Å²) in [6.07, 6.45) is 2.34. The zero-order valence-electron chi connectivity index (χ0n) is 12.3. The average Bonchev–Trinajstić information content (AvgIpc) is 2.46. The van der Waals surface area contributed by atoms with Gasteiger partial charge in [-0.15, -0.1) is 0 Å². The summed E-state index contributed by atoms with van der Waals surface area (Å²) in [5.74, 6) is 0.707. The van der Waals surface area contributed by atoms with Gasteiger partial charge in [-0.25, -0.2) is 0 Å². The molecule has 0 aromatic heterocycles. The quantitative estimate of drug-likeness (QED) is 0.806. The molecule has 1 nitrogen and oxygen atoms in total. The Morgan fingerprint density at radius 2 is 1.74 bits per heavy atom. The minimum Gasteiger partial charge on any atom is -0.314 e. The predicted molar refractivity (Wildman–Crippen MR) is 84.6 cm³/mol. The number of rotatable bonds is 6. The van der Waals surface area contributed by atoms with Crippen LogP contribution in [0.25, 0.3) is 10.8 Å². The van der Waals surface area contributed by atoms with E-state index in [1.807, 2.05) is 0 Å². The van der Waals surface area contributed by atoms with Gasteiger partial charge in [-0.1, -0.05) is 69.7 Å². The van der Waals surface area contributed by atoms with E-state index in [9.17, 15) is 0 Å². The lowest BCUT2D eigenvalue weighted by molar-refractivity contribution is 0.372. The van der Waals surface area contributed by atoms with Crippen LogP contribution in [0, 0.1) is 5.92 Å². The second-order valence-electron chi connectivity index (χ2n) is 5.39. The lowest BCUT2D eigenvalue weighted by Gasteiger charge is -2.24. The van der Waals surface area contributed by atoms with Crippen LogP contribution in [0.4, 0.5) is 0 Å². The van der Waals surface area contributed by atoms with E-state index in [0.717, 1.165) is 13.0 Å². The Balaban J connectivity index is 2.28. The van der Waals surface area contributed by atoms with Gasteiger partial charge in [0.1, 0.15) is 0 Å². The van der Waals surface area contributed by atoms with E-state index < -0.39 is 0 Å². The summed E-state index contributed by atoms with van der Waals surface area (Å²) in [5, 5.41) is 6.39. The molecule has 1 N–H and O–H groups in total. The van der Waals surface area contributed by atoms with Crippen LogP contribution in [0.5, 0.6) is 0 Å². The van der Waals surface area contributed by atoms with Gasteiger partial charge in [-0.3, -0.25) is 0 Å². The fraction of sp³-hybridized carbons (Fsp3) is 0.444. The first-order valence-electron chi connectivity index (χ1n) is 7.46. The number of likely N-dealkylation sites (N-methyl/N-ethyl adjacent to an activating group) is 1. The van der Waals surface area contributed by atoms with Gasteiger partial charge >= 0.3 is 0 Å². The van der Waals surface area contributed by atoms with Crippen LogP contribution in [-0.2, 0) is 6.42 Å². The van der Waals surface area contributed by atoms with Gasteiger partial charge < -0.3 is 5.32 Å². The minimum absolute atomic E-state index is 0.570. The molecule has 0 amide bonds. The van der Waals surface area contributed by atoms with Gasteiger partial charge in [0.2, 0.25) is 0 Å². The molecule has 0 heterocycles. The standard InChI is InChI=1S/C18H25N/c1-4-14(3)18(19-5-2)13-16-11-8-10-15-9-6-7-12-17(15)16/h6-12,14,18-19H,4-5,13H2,1-3H3. The highest BCUT2D eigenvalue weighted by Crippen LogP contribution is 2.22. The van der Waals surface area contributed by atoms with Gasteiger partial charge in [0, 0.05) is 6.04 Å². The molecule has 0 saturated heterocycles. The number of hydrogen-bond acceptors (Lipinski definition) is 1. The predicted octanol–water partition coefficient (Wildman–Crippen LogP) is 4.41. The highest BCUT2D eigenvalue weighted by molar-refractivity contribution is 5.85. The molecule has 2 unspecified atom stereocenters. The van der Waals surface area contributed by atoms with Crippen LogP contribution in [0.15, 0.2) is 42.5 Å². The van der Waals surface area contributed by atoms with Gasteiger partial charge in [-0.05, 0) is 35.2 Å². The maximum absolute atomic E-state index is 3.65. The van der Waals surface area contributed by atoms with E-state index in [0.29, 0.717) is 12.0 Å². The van der Waals surface area contributed by atoms with Crippen molar-refractivity contribution in [2.24, 2.45) is 5.92 Å². The van der Waals surface area contributed by atoms with E-state index in [-0.39, 0.29) is 0 Å². The normalized spacial score (nSPS) is 14.5. The number of benzene rings is 2. The van der Waals surface area contributed by atoms with E-state index in [1.54, 1.807) is 0 Å². The molecule has 2 rings (SSSR count). The Labute approximate surface area is 117 Å². The molecule has 19 heavy (non-hydrogen) atoms. The number of nitrogens with one attached hydrogen (secondary N) is 1. The van der Waals surface area contributed by atoms with E-state index in [1.165, 1.54) is 22.8 Å². The molecule has 2 aromatic rings. The van der Waals surface area contributed by atoms with Gasteiger partial charge in [-0.2, -0.15) is 0 Å². The summed E-state index contributed by atoms with van der Waals surface area (Å²) in [4.78, 5) is 0. The van der Waals surface area contributed by atoms with Crippen LogP contribution in [0.2, 0.25) is 0 Å². The highest BCUT2D eigenvalue weighted by Gasteiger charge is 2.16. The van der Waals surface area contributed by atoms with Gasteiger partial charge in [0.15, 0.2) is 0 Å². The second-order valence-corrected chi connectivity index (χ2v) is 5.39. The zero-order valence-corrected chi connectivity index (χ0v) is 12.3. The summed E-state index contributed by atoms with van der Waals surface area (Å²) >= 11 is 0. The Hall–Kier alpha value is -1.34. The molecule has 2 atom stereocenters. The lowest BCUT2D eigenvalue weighted by Crippen LogP contribution is -2.36. The summed E-state index contributed by atoms with van der Waals surface area (Å²) in [7, 11) is 0. The Kier molecular flexibility index (Phi) is 4.98. The molecule has 0 aliphatic rings. The van der Waals surface area contributed by atoms with E-state index in [2.05, 4.69) is 68.6 Å². The summed E-state index contributed by atoms with van der Waals surface area (Å²) in [5.41, 5.74) is 1.46. The third-order valence-electron chi connectivity index (χ3n) is 4.12. The third-order valence-corrected chi connectivity index (χ3v) is 4.12. The van der Waals surface area contributed by atoms with Crippen molar-refractivity contribution in [1.82, 2.24) is 5.32 Å². The first kappa shape index (κ1) is 14.1. The highest BCUT2D eigenvalue weighted by atomic mass is 14.9. The minimum atomic E-state index is 0.570. The molecule has 0 bridgehead atoms. The first-order chi connectivity index (χ1) is 9.26. The van der Waals surface area contributed by atoms with Crippen molar-refractivity contribution in [1.29, 1.82) is 0 Å². The van der Waals surface area contributed by atoms with Crippen molar-refractivity contribution in [2.45, 2.75) is 39.7 Å². The second kappa shape index (κ2) is 6.72. The van der Waals surface area contributed by atoms with E-state index in [4.69, 9.17) is 0 Å². The summed E-state index contributed by atoms with van der Waals surface area (Å²) in [6, 6.07) is 15.9. The topological polar surface area (TPSA) is 12.0 Å². The van der Waals surface area contributed by atoms with Crippen LogP contribution < -0.4 is 5.32 Å². The van der Waals surface area contributed by atoms with Gasteiger partial charge in [0.05, 0.1) is 0 Å². The number of hydrogen-bond donors (Lipinski definition) is 1. The van der Waals surface area contributed by atoms with Crippen molar-refractivity contribution in [2.75, 3.05) is 6.54 Å². The molecule has 0 saturated carbocycles. The Morgan fingerprint density at radius 1 is 1.00 bits per heavy atom. The Bertz CT molecular complexity index is 513. The van der Waals surface area contributed by atoms with Crippen molar-refractivity contribution < 1.29 is 0 Å². The summed E-state index contributed by atoms with van der Waals surface area (Å²) < 4.78 is 0. The molecular formula is C18H25N. The molecule has 0 fully saturated rings. The van der Waals surface area contributed by atoms with Crippen molar-refractivity contribution in [3.05, 3.63) is 48.0 Å². The molecule has 0 radical (unpaired) electrons. The third kappa shape index (κ3) is 3.36. The summed E-state index contributed by atoms with van der Waals surface area (Å²) in [6.45, 7) is 7.86. The van der Waals surface area contributed by atoms with Crippen molar-refractivity contribution in [3.63, 3.8) is 0 Å². The SMILES string of the molecule is CCNC(Cc1cccc2ccccc12)C(C)CC. The largest absolute Gasteiger partial charge is 0.314 e. The Morgan fingerprint density at radius 3 is 2.47 bits per heavy atom. The molecule has 0 spiro atoms. The van der Waals surface area contributed by atoms with Gasteiger partial charge in [0.25, 0.3) is 0 Å². The first-order valence-corrected chi connectivity index (χ1v) is 7.46. The van der Waals surface area contributed by atoms with Crippen LogP contribution in [0.1, 0.15) is 32.8 Å². The molecule has 1 heteroatoms.